The Morgan fingerprint density at radius 3 is 2.46 bits per heavy atom. The van der Waals surface area contributed by atoms with Gasteiger partial charge in [-0.3, -0.25) is 0 Å². The Morgan fingerprint density at radius 2 is 2.08 bits per heavy atom. The average Bonchev–Trinajstić information content (AvgIpc) is 2.52. The third kappa shape index (κ3) is 2.29. The first-order valence-corrected chi connectivity index (χ1v) is 5.36. The van der Waals surface area contributed by atoms with Crippen molar-refractivity contribution in [3.63, 3.8) is 0 Å². The molecule has 0 radical (unpaired) electrons. The molecular weight excluding hydrogens is 182 g/mol. The van der Waals surface area contributed by atoms with Gasteiger partial charge in [0.25, 0.3) is 0 Å². The van der Waals surface area contributed by atoms with E-state index < -0.39 is 0 Å². The van der Waals surface area contributed by atoms with E-state index in [9.17, 15) is 0 Å². The van der Waals surface area contributed by atoms with Crippen LogP contribution in [-0.4, -0.2) is 12.1 Å². The maximum atomic E-state index is 5.36. The summed E-state index contributed by atoms with van der Waals surface area (Å²) in [5.74, 6) is 0.498. The summed E-state index contributed by atoms with van der Waals surface area (Å²) in [6.45, 7) is 8.38. The van der Waals surface area contributed by atoms with Crippen LogP contribution in [0.3, 0.4) is 0 Å². The third-order valence-corrected chi connectivity index (χ3v) is 3.30. The minimum Gasteiger partial charge on any atom is -0.372 e. The molecule has 0 spiro atoms. The first-order chi connectivity index (χ1) is 5.97. The maximum absolute atomic E-state index is 5.36. The summed E-state index contributed by atoms with van der Waals surface area (Å²) in [6.07, 6.45) is 0. The van der Waals surface area contributed by atoms with Crippen molar-refractivity contribution in [1.29, 1.82) is 0 Å². The minimum absolute atomic E-state index is 0.252. The highest BCUT2D eigenvalue weighted by Crippen LogP contribution is 2.28. The molecule has 0 bridgehead atoms. The van der Waals surface area contributed by atoms with Crippen LogP contribution in [-0.2, 0) is 10.3 Å². The topological polar surface area (TPSA) is 22.1 Å². The zero-order chi connectivity index (χ0) is 10.1. The van der Waals surface area contributed by atoms with Gasteiger partial charge in [0.1, 0.15) is 10.6 Å². The molecule has 0 aliphatic rings. The predicted molar refractivity (Wildman–Crippen MR) is 56.2 cm³/mol. The molecule has 2 nitrogen and oxygen atoms in total. The van der Waals surface area contributed by atoms with Crippen LogP contribution < -0.4 is 0 Å². The molecule has 0 atom stereocenters. The standard InChI is InChI=1S/C10H17NOS/c1-7(2)8-6-13-9(11-8)10(3,4)12-5/h6-7H,1-5H3. The van der Waals surface area contributed by atoms with Crippen molar-refractivity contribution in [1.82, 2.24) is 4.98 Å². The molecule has 3 heteroatoms. The molecule has 1 heterocycles. The average molecular weight is 199 g/mol. The van der Waals surface area contributed by atoms with Crippen molar-refractivity contribution in [2.24, 2.45) is 0 Å². The molecule has 0 saturated carbocycles. The lowest BCUT2D eigenvalue weighted by Crippen LogP contribution is -2.19. The zero-order valence-corrected chi connectivity index (χ0v) is 9.73. The zero-order valence-electron chi connectivity index (χ0n) is 8.92. The quantitative estimate of drug-likeness (QED) is 0.746. The van der Waals surface area contributed by atoms with Gasteiger partial charge in [0.05, 0.1) is 5.69 Å². The smallest absolute Gasteiger partial charge is 0.124 e. The molecule has 13 heavy (non-hydrogen) atoms. The molecule has 0 aliphatic carbocycles. The minimum atomic E-state index is -0.252. The monoisotopic (exact) mass is 199 g/mol. The summed E-state index contributed by atoms with van der Waals surface area (Å²) < 4.78 is 5.36. The van der Waals surface area contributed by atoms with Crippen LogP contribution in [0.15, 0.2) is 5.38 Å². The summed E-state index contributed by atoms with van der Waals surface area (Å²) >= 11 is 1.67. The Morgan fingerprint density at radius 1 is 1.46 bits per heavy atom. The lowest BCUT2D eigenvalue weighted by Gasteiger charge is -2.19. The number of hydrogen-bond donors (Lipinski definition) is 0. The Bertz CT molecular complexity index is 278. The van der Waals surface area contributed by atoms with Crippen LogP contribution in [0.5, 0.6) is 0 Å². The molecule has 1 rings (SSSR count). The van der Waals surface area contributed by atoms with Crippen molar-refractivity contribution < 1.29 is 4.74 Å². The van der Waals surface area contributed by atoms with E-state index in [1.165, 1.54) is 0 Å². The largest absolute Gasteiger partial charge is 0.372 e. The van der Waals surface area contributed by atoms with Gasteiger partial charge in [-0.15, -0.1) is 11.3 Å². The number of aromatic nitrogens is 1. The number of thiazole rings is 1. The van der Waals surface area contributed by atoms with Gasteiger partial charge in [0, 0.05) is 12.5 Å². The van der Waals surface area contributed by atoms with Crippen LogP contribution in [0.2, 0.25) is 0 Å². The highest BCUT2D eigenvalue weighted by atomic mass is 32.1. The maximum Gasteiger partial charge on any atom is 0.124 e. The molecule has 1 aromatic rings. The van der Waals surface area contributed by atoms with Gasteiger partial charge < -0.3 is 4.74 Å². The number of rotatable bonds is 3. The number of hydrogen-bond acceptors (Lipinski definition) is 3. The fourth-order valence-electron chi connectivity index (χ4n) is 0.915. The Hall–Kier alpha value is -0.410. The van der Waals surface area contributed by atoms with E-state index in [4.69, 9.17) is 4.74 Å². The molecule has 0 amide bonds. The van der Waals surface area contributed by atoms with Crippen molar-refractivity contribution in [3.05, 3.63) is 16.1 Å². The number of ether oxygens (including phenoxy) is 1. The van der Waals surface area contributed by atoms with E-state index in [1.807, 2.05) is 13.8 Å². The van der Waals surface area contributed by atoms with Crippen molar-refractivity contribution in [3.8, 4) is 0 Å². The lowest BCUT2D eigenvalue weighted by atomic mass is 10.1. The highest BCUT2D eigenvalue weighted by Gasteiger charge is 2.23. The fourth-order valence-corrected chi connectivity index (χ4v) is 2.00. The Labute approximate surface area is 84.0 Å². The van der Waals surface area contributed by atoms with Crippen LogP contribution in [0.4, 0.5) is 0 Å². The normalized spacial score (nSPS) is 12.5. The van der Waals surface area contributed by atoms with Gasteiger partial charge in [0.2, 0.25) is 0 Å². The molecule has 74 valence electrons. The molecule has 1 aromatic heterocycles. The van der Waals surface area contributed by atoms with E-state index in [2.05, 4.69) is 24.2 Å². The first-order valence-electron chi connectivity index (χ1n) is 4.48. The number of methoxy groups -OCH3 is 1. The van der Waals surface area contributed by atoms with Gasteiger partial charge in [-0.05, 0) is 19.8 Å². The number of nitrogens with zero attached hydrogens (tertiary/aromatic N) is 1. The molecule has 0 fully saturated rings. The summed E-state index contributed by atoms with van der Waals surface area (Å²) in [5.41, 5.74) is 0.905. The third-order valence-electron chi connectivity index (χ3n) is 2.14. The molecule has 0 aromatic carbocycles. The fraction of sp³-hybridized carbons (Fsp3) is 0.700. The Balaban J connectivity index is 2.91. The molecular formula is C10H17NOS. The van der Waals surface area contributed by atoms with Crippen molar-refractivity contribution in [2.75, 3.05) is 7.11 Å². The van der Waals surface area contributed by atoms with Crippen LogP contribution in [0, 0.1) is 0 Å². The summed E-state index contributed by atoms with van der Waals surface area (Å²) in [5, 5.41) is 3.17. The molecule has 0 N–H and O–H groups in total. The second-order valence-corrected chi connectivity index (χ2v) is 4.80. The predicted octanol–water partition coefficient (Wildman–Crippen LogP) is 3.15. The first kappa shape index (κ1) is 10.7. The van der Waals surface area contributed by atoms with Gasteiger partial charge in [-0.1, -0.05) is 13.8 Å². The Kier molecular flexibility index (Phi) is 3.09. The van der Waals surface area contributed by atoms with Gasteiger partial charge in [-0.25, -0.2) is 4.98 Å². The second-order valence-electron chi connectivity index (χ2n) is 3.95. The van der Waals surface area contributed by atoms with E-state index in [-0.39, 0.29) is 5.60 Å². The van der Waals surface area contributed by atoms with Crippen LogP contribution in [0.1, 0.15) is 44.3 Å². The van der Waals surface area contributed by atoms with E-state index in [0.717, 1.165) is 10.7 Å². The summed E-state index contributed by atoms with van der Waals surface area (Å²) in [7, 11) is 1.72. The van der Waals surface area contributed by atoms with Gasteiger partial charge >= 0.3 is 0 Å². The van der Waals surface area contributed by atoms with Gasteiger partial charge in [-0.2, -0.15) is 0 Å². The van der Waals surface area contributed by atoms with Crippen LogP contribution in [0.25, 0.3) is 0 Å². The second kappa shape index (κ2) is 3.76. The van der Waals surface area contributed by atoms with Gasteiger partial charge in [0.15, 0.2) is 0 Å². The highest BCUT2D eigenvalue weighted by molar-refractivity contribution is 7.09. The van der Waals surface area contributed by atoms with Crippen molar-refractivity contribution in [2.45, 2.75) is 39.2 Å². The van der Waals surface area contributed by atoms with E-state index in [1.54, 1.807) is 18.4 Å². The van der Waals surface area contributed by atoms with E-state index in [0.29, 0.717) is 5.92 Å². The van der Waals surface area contributed by atoms with Crippen LogP contribution >= 0.6 is 11.3 Å². The molecule has 0 unspecified atom stereocenters. The van der Waals surface area contributed by atoms with E-state index >= 15 is 0 Å². The summed E-state index contributed by atoms with van der Waals surface area (Å²) in [6, 6.07) is 0. The van der Waals surface area contributed by atoms with Crippen molar-refractivity contribution >= 4 is 11.3 Å². The summed E-state index contributed by atoms with van der Waals surface area (Å²) in [4.78, 5) is 4.55. The lowest BCUT2D eigenvalue weighted by molar-refractivity contribution is 0.0189. The molecule has 0 saturated heterocycles. The SMILES string of the molecule is COC(C)(C)c1nc(C(C)C)cs1. The molecule has 0 aliphatic heterocycles.